The first-order valence-electron chi connectivity index (χ1n) is 10.9. The van der Waals surface area contributed by atoms with Crippen LogP contribution in [0.15, 0.2) is 40.6 Å². The molecule has 0 spiro atoms. The lowest BCUT2D eigenvalue weighted by molar-refractivity contribution is 0.103. The van der Waals surface area contributed by atoms with Gasteiger partial charge in [-0.15, -0.1) is 11.3 Å². The van der Waals surface area contributed by atoms with E-state index in [0.29, 0.717) is 18.9 Å². The quantitative estimate of drug-likeness (QED) is 0.442. The molecule has 0 radical (unpaired) electrons. The molecule has 3 aromatic rings. The van der Waals surface area contributed by atoms with Crippen LogP contribution in [0.25, 0.3) is 0 Å². The van der Waals surface area contributed by atoms with Gasteiger partial charge in [0.2, 0.25) is 0 Å². The number of sulfonamides is 1. The molecule has 1 aromatic heterocycles. The predicted molar refractivity (Wildman–Crippen MR) is 138 cm³/mol. The number of nitrogens with zero attached hydrogens (tertiary/aromatic N) is 1. The number of rotatable bonds is 6. The Labute approximate surface area is 212 Å². The number of aryl methyl sites for hydroxylation is 2. The third kappa shape index (κ3) is 5.30. The van der Waals surface area contributed by atoms with E-state index in [1.165, 1.54) is 12.1 Å². The first-order chi connectivity index (χ1) is 16.6. The van der Waals surface area contributed by atoms with E-state index >= 15 is 0 Å². The topological polar surface area (TPSA) is 87.7 Å². The van der Waals surface area contributed by atoms with Crippen molar-refractivity contribution in [3.05, 3.63) is 68.1 Å². The fraction of sp³-hybridized carbons (Fsp3) is 0.292. The largest absolute Gasteiger partial charge is 0.378 e. The Morgan fingerprint density at radius 2 is 1.83 bits per heavy atom. The highest BCUT2D eigenvalue weighted by molar-refractivity contribution is 7.92. The minimum Gasteiger partial charge on any atom is -0.378 e. The van der Waals surface area contributed by atoms with Gasteiger partial charge in [0, 0.05) is 29.5 Å². The molecule has 0 bridgehead atoms. The zero-order chi connectivity index (χ0) is 25.3. The van der Waals surface area contributed by atoms with Crippen LogP contribution in [0, 0.1) is 26.6 Å². The number of hydrogen-bond donors (Lipinski definition) is 2. The van der Waals surface area contributed by atoms with Crippen molar-refractivity contribution in [2.24, 2.45) is 0 Å². The van der Waals surface area contributed by atoms with E-state index in [-0.39, 0.29) is 15.6 Å². The number of anilines is 3. The number of halogens is 2. The molecule has 0 atom stereocenters. The second kappa shape index (κ2) is 10.1. The molecule has 7 nitrogen and oxygen atoms in total. The van der Waals surface area contributed by atoms with Gasteiger partial charge in [-0.1, -0.05) is 17.7 Å². The highest BCUT2D eigenvalue weighted by atomic mass is 35.5. The summed E-state index contributed by atoms with van der Waals surface area (Å²) in [6.07, 6.45) is 0. The van der Waals surface area contributed by atoms with Gasteiger partial charge in [-0.25, -0.2) is 12.8 Å². The maximum atomic E-state index is 14.2. The summed E-state index contributed by atoms with van der Waals surface area (Å²) in [6.45, 7) is 8.72. The Morgan fingerprint density at radius 3 is 2.51 bits per heavy atom. The van der Waals surface area contributed by atoms with Crippen molar-refractivity contribution >= 4 is 55.9 Å². The van der Waals surface area contributed by atoms with Crippen LogP contribution in [-0.2, 0) is 14.8 Å². The van der Waals surface area contributed by atoms with Crippen LogP contribution in [0.4, 0.5) is 21.5 Å². The SMILES string of the molecule is Cc1cc(C)c(N2CCOCC2)c(C)c1NC(=O)c1sccc1NS(=O)(=O)c1ccc(Cl)cc1F. The second-order valence-corrected chi connectivity index (χ2v) is 11.3. The third-order valence-corrected chi connectivity index (χ3v) is 8.34. The van der Waals surface area contributed by atoms with Gasteiger partial charge in [0.15, 0.2) is 0 Å². The molecule has 0 aliphatic carbocycles. The Morgan fingerprint density at radius 1 is 1.11 bits per heavy atom. The molecular weight excluding hydrogens is 513 g/mol. The summed E-state index contributed by atoms with van der Waals surface area (Å²) < 4.78 is 47.6. The summed E-state index contributed by atoms with van der Waals surface area (Å²) in [5.74, 6) is -1.44. The summed E-state index contributed by atoms with van der Waals surface area (Å²) >= 11 is 6.82. The summed E-state index contributed by atoms with van der Waals surface area (Å²) in [4.78, 5) is 15.1. The highest BCUT2D eigenvalue weighted by Gasteiger charge is 2.25. The average Bonchev–Trinajstić information content (AvgIpc) is 3.24. The minimum atomic E-state index is -4.28. The molecule has 1 fully saturated rings. The van der Waals surface area contributed by atoms with Gasteiger partial charge in [-0.05, 0) is 67.1 Å². The maximum absolute atomic E-state index is 14.2. The first kappa shape index (κ1) is 25.4. The smallest absolute Gasteiger partial charge is 0.267 e. The van der Waals surface area contributed by atoms with Crippen molar-refractivity contribution in [1.29, 1.82) is 0 Å². The monoisotopic (exact) mass is 537 g/mol. The standard InChI is InChI=1S/C24H25ClFN3O4S2/c1-14-12-15(2)22(29-7-9-33-10-8-29)16(3)21(14)27-24(30)23-19(6-11-34-23)28-35(31,32)20-5-4-17(25)13-18(20)26/h4-6,11-13,28H,7-10H2,1-3H3,(H,27,30). The van der Waals surface area contributed by atoms with Crippen LogP contribution in [0.5, 0.6) is 0 Å². The van der Waals surface area contributed by atoms with Crippen LogP contribution >= 0.6 is 22.9 Å². The molecule has 1 saturated heterocycles. The molecule has 0 saturated carbocycles. The third-order valence-electron chi connectivity index (χ3n) is 5.80. The molecule has 186 valence electrons. The van der Waals surface area contributed by atoms with E-state index in [1.54, 1.807) is 5.38 Å². The van der Waals surface area contributed by atoms with E-state index < -0.39 is 26.6 Å². The lowest BCUT2D eigenvalue weighted by Crippen LogP contribution is -2.37. The van der Waals surface area contributed by atoms with Gasteiger partial charge in [-0.3, -0.25) is 9.52 Å². The zero-order valence-electron chi connectivity index (χ0n) is 19.4. The normalized spacial score (nSPS) is 14.1. The van der Waals surface area contributed by atoms with Gasteiger partial charge >= 0.3 is 0 Å². The van der Waals surface area contributed by atoms with Gasteiger partial charge < -0.3 is 15.0 Å². The number of carbonyl (C=O) groups excluding carboxylic acids is 1. The van der Waals surface area contributed by atoms with Gasteiger partial charge in [0.25, 0.3) is 15.9 Å². The predicted octanol–water partition coefficient (Wildman–Crippen LogP) is 5.36. The van der Waals surface area contributed by atoms with E-state index in [0.717, 1.165) is 58.9 Å². The Hall–Kier alpha value is -2.66. The highest BCUT2D eigenvalue weighted by Crippen LogP contribution is 2.35. The van der Waals surface area contributed by atoms with E-state index in [1.807, 2.05) is 26.8 Å². The lowest BCUT2D eigenvalue weighted by atomic mass is 10.0. The van der Waals surface area contributed by atoms with Crippen LogP contribution in [-0.4, -0.2) is 40.6 Å². The van der Waals surface area contributed by atoms with Gasteiger partial charge in [-0.2, -0.15) is 0 Å². The summed E-state index contributed by atoms with van der Waals surface area (Å²) in [6, 6.07) is 6.79. The zero-order valence-corrected chi connectivity index (χ0v) is 21.8. The average molecular weight is 538 g/mol. The molecule has 1 aliphatic rings. The number of benzene rings is 2. The fourth-order valence-electron chi connectivity index (χ4n) is 4.27. The second-order valence-electron chi connectivity index (χ2n) is 8.26. The lowest BCUT2D eigenvalue weighted by Gasteiger charge is -2.32. The molecule has 4 rings (SSSR count). The van der Waals surface area contributed by atoms with Crippen LogP contribution in [0.3, 0.4) is 0 Å². The van der Waals surface area contributed by atoms with Crippen LogP contribution in [0.1, 0.15) is 26.4 Å². The van der Waals surface area contributed by atoms with Crippen molar-refractivity contribution in [3.63, 3.8) is 0 Å². The summed E-state index contributed by atoms with van der Waals surface area (Å²) in [5.41, 5.74) is 4.73. The number of carbonyl (C=O) groups is 1. The summed E-state index contributed by atoms with van der Waals surface area (Å²) in [5, 5.41) is 4.64. The van der Waals surface area contributed by atoms with Crippen molar-refractivity contribution in [3.8, 4) is 0 Å². The fourth-order valence-corrected chi connectivity index (χ4v) is 6.37. The van der Waals surface area contributed by atoms with E-state index in [9.17, 15) is 17.6 Å². The molecule has 2 aromatic carbocycles. The minimum absolute atomic E-state index is 0.0673. The molecule has 2 N–H and O–H groups in total. The Bertz CT molecular complexity index is 1390. The van der Waals surface area contributed by atoms with Crippen molar-refractivity contribution in [2.45, 2.75) is 25.7 Å². The van der Waals surface area contributed by atoms with Gasteiger partial charge in [0.1, 0.15) is 15.6 Å². The molecule has 11 heteroatoms. The number of morpholine rings is 1. The molecule has 2 heterocycles. The van der Waals surface area contributed by atoms with Crippen LogP contribution < -0.4 is 14.9 Å². The Kier molecular flexibility index (Phi) is 7.37. The number of thiophene rings is 1. The molecule has 35 heavy (non-hydrogen) atoms. The van der Waals surface area contributed by atoms with E-state index in [2.05, 4.69) is 14.9 Å². The Balaban J connectivity index is 1.61. The molecule has 1 amide bonds. The number of nitrogens with one attached hydrogen (secondary N) is 2. The maximum Gasteiger partial charge on any atom is 0.267 e. The van der Waals surface area contributed by atoms with Crippen LogP contribution in [0.2, 0.25) is 5.02 Å². The van der Waals surface area contributed by atoms with Crippen molar-refractivity contribution < 1.29 is 22.3 Å². The molecule has 0 unspecified atom stereocenters. The number of hydrogen-bond acceptors (Lipinski definition) is 6. The first-order valence-corrected chi connectivity index (χ1v) is 13.6. The van der Waals surface area contributed by atoms with E-state index in [4.69, 9.17) is 16.3 Å². The van der Waals surface area contributed by atoms with Crippen molar-refractivity contribution in [2.75, 3.05) is 41.2 Å². The molecule has 1 aliphatic heterocycles. The van der Waals surface area contributed by atoms with Crippen molar-refractivity contribution in [1.82, 2.24) is 0 Å². The number of ether oxygens (including phenoxy) is 1. The summed E-state index contributed by atoms with van der Waals surface area (Å²) in [7, 11) is -4.28. The molecular formula is C24H25ClFN3O4S2. The van der Waals surface area contributed by atoms with Gasteiger partial charge in [0.05, 0.1) is 18.9 Å². The number of amides is 1.